The third kappa shape index (κ3) is 7.53. The number of pyridine rings is 2. The van der Waals surface area contributed by atoms with Gasteiger partial charge in [-0.25, -0.2) is 4.79 Å². The molecule has 7 rings (SSSR count). The zero-order valence-corrected chi connectivity index (χ0v) is 27.3. The molecule has 1 fully saturated rings. The van der Waals surface area contributed by atoms with Gasteiger partial charge in [-0.3, -0.25) is 9.59 Å². The van der Waals surface area contributed by atoms with Crippen LogP contribution in [0.2, 0.25) is 0 Å². The van der Waals surface area contributed by atoms with Crippen molar-refractivity contribution in [2.75, 3.05) is 13.2 Å². The smallest absolute Gasteiger partial charge is 0.330 e. The molecule has 2 unspecified atom stereocenters. The normalized spacial score (nSPS) is 15.7. The van der Waals surface area contributed by atoms with Crippen molar-refractivity contribution in [3.63, 3.8) is 0 Å². The number of H-pyrrole nitrogens is 2. The second kappa shape index (κ2) is 14.7. The van der Waals surface area contributed by atoms with Gasteiger partial charge in [0.1, 0.15) is 36.9 Å². The second-order valence-corrected chi connectivity index (χ2v) is 12.3. The molecule has 1 aliphatic rings. The van der Waals surface area contributed by atoms with E-state index in [-0.39, 0.29) is 36.5 Å². The van der Waals surface area contributed by atoms with Crippen LogP contribution >= 0.6 is 0 Å². The van der Waals surface area contributed by atoms with Crippen LogP contribution in [-0.4, -0.2) is 47.5 Å². The molecule has 2 atom stereocenters. The van der Waals surface area contributed by atoms with Crippen LogP contribution in [0, 0.1) is 0 Å². The average Bonchev–Trinajstić information content (AvgIpc) is 3.58. The Morgan fingerprint density at radius 3 is 1.70 bits per heavy atom. The van der Waals surface area contributed by atoms with E-state index >= 15 is 0 Å². The number of fused-ring (bicyclic) bond motifs is 2. The maximum atomic E-state index is 12.9. The molecule has 0 aliphatic heterocycles. The zero-order chi connectivity index (χ0) is 34.5. The number of aromatic nitrogens is 2. The Bertz CT molecular complexity index is 2120. The Kier molecular flexibility index (Phi) is 9.57. The Morgan fingerprint density at radius 1 is 0.700 bits per heavy atom. The number of hydrogen-bond acceptors (Lipinski definition) is 7. The molecule has 9 nitrogen and oxygen atoms in total. The molecule has 50 heavy (non-hydrogen) atoms. The fourth-order valence-corrected chi connectivity index (χ4v) is 6.33. The number of aromatic amines is 2. The molecular weight excluding hydrogens is 632 g/mol. The van der Waals surface area contributed by atoms with Crippen molar-refractivity contribution < 1.29 is 23.7 Å². The summed E-state index contributed by atoms with van der Waals surface area (Å²) in [5.41, 5.74) is 3.83. The van der Waals surface area contributed by atoms with Crippen molar-refractivity contribution in [1.29, 1.82) is 0 Å². The minimum Gasteiger partial charge on any atom is -0.491 e. The van der Waals surface area contributed by atoms with Gasteiger partial charge in [0.15, 0.2) is 0 Å². The van der Waals surface area contributed by atoms with Crippen LogP contribution in [0.25, 0.3) is 44.1 Å². The van der Waals surface area contributed by atoms with Gasteiger partial charge >= 0.3 is 5.97 Å². The molecule has 0 radical (unpaired) electrons. The first kappa shape index (κ1) is 32.6. The standard InChI is InChI=1S/C41H36N2O7/c1-2-39(44)50-33-18-17-32(21-33)49-34(24-47-30-15-13-28-19-35(26-9-5-3-6-10-26)40(45)42-37(28)22-30)25-48-31-16-14-29-20-36(27-11-7-4-8-12-27)41(46)43-38(29)23-31/h2-16,19-20,22-23,32-34H,1,17-18,21,24-25H2,(H,42,45)(H,43,46). The number of nitrogens with one attached hydrogen (secondary N) is 2. The van der Waals surface area contributed by atoms with E-state index in [4.69, 9.17) is 18.9 Å². The van der Waals surface area contributed by atoms with Gasteiger partial charge in [-0.15, -0.1) is 0 Å². The average molecular weight is 669 g/mol. The highest BCUT2D eigenvalue weighted by Gasteiger charge is 2.30. The van der Waals surface area contributed by atoms with Crippen molar-refractivity contribution in [3.8, 4) is 33.8 Å². The monoisotopic (exact) mass is 668 g/mol. The summed E-state index contributed by atoms with van der Waals surface area (Å²) in [5.74, 6) is 0.682. The van der Waals surface area contributed by atoms with E-state index in [9.17, 15) is 14.4 Å². The Hall–Kier alpha value is -5.93. The van der Waals surface area contributed by atoms with Gasteiger partial charge in [-0.2, -0.15) is 0 Å². The van der Waals surface area contributed by atoms with E-state index in [2.05, 4.69) is 16.5 Å². The predicted molar refractivity (Wildman–Crippen MR) is 194 cm³/mol. The molecule has 0 spiro atoms. The van der Waals surface area contributed by atoms with Crippen LogP contribution in [-0.2, 0) is 14.3 Å². The molecule has 2 aromatic heterocycles. The topological polar surface area (TPSA) is 120 Å². The van der Waals surface area contributed by atoms with Crippen LogP contribution in [0.1, 0.15) is 19.3 Å². The quantitative estimate of drug-likeness (QED) is 0.105. The Morgan fingerprint density at radius 2 is 1.20 bits per heavy atom. The lowest BCUT2D eigenvalue weighted by molar-refractivity contribution is -0.143. The lowest BCUT2D eigenvalue weighted by Gasteiger charge is -2.23. The number of esters is 1. The highest BCUT2D eigenvalue weighted by atomic mass is 16.6. The third-order valence-electron chi connectivity index (χ3n) is 8.85. The van der Waals surface area contributed by atoms with Crippen molar-refractivity contribution >= 4 is 27.8 Å². The van der Waals surface area contributed by atoms with Gasteiger partial charge < -0.3 is 28.9 Å². The fraction of sp³-hybridized carbons (Fsp3) is 0.195. The maximum absolute atomic E-state index is 12.9. The summed E-state index contributed by atoms with van der Waals surface area (Å²) in [6.07, 6.45) is 2.22. The molecule has 2 N–H and O–H groups in total. The van der Waals surface area contributed by atoms with Gasteiger partial charge in [0.2, 0.25) is 0 Å². The number of hydrogen-bond donors (Lipinski definition) is 2. The van der Waals surface area contributed by atoms with Gasteiger partial charge in [0.25, 0.3) is 11.1 Å². The minimum absolute atomic E-state index is 0.163. The molecule has 1 saturated carbocycles. The zero-order valence-electron chi connectivity index (χ0n) is 27.3. The van der Waals surface area contributed by atoms with E-state index in [1.165, 1.54) is 0 Å². The van der Waals surface area contributed by atoms with Gasteiger partial charge in [0, 0.05) is 35.8 Å². The van der Waals surface area contributed by atoms with Crippen LogP contribution < -0.4 is 20.6 Å². The van der Waals surface area contributed by atoms with E-state index in [0.29, 0.717) is 52.9 Å². The van der Waals surface area contributed by atoms with Crippen LogP contribution in [0.3, 0.4) is 0 Å². The largest absolute Gasteiger partial charge is 0.491 e. The Labute approximate surface area is 288 Å². The van der Waals surface area contributed by atoms with E-state index in [0.717, 1.165) is 28.0 Å². The van der Waals surface area contributed by atoms with Gasteiger partial charge in [-0.05, 0) is 71.1 Å². The van der Waals surface area contributed by atoms with E-state index < -0.39 is 12.1 Å². The SMILES string of the molecule is C=CC(=O)OC1CCC(OC(COc2ccc3cc(-c4ccccc4)c(=O)[nH]c3c2)COc2ccc3cc(-c4ccccc4)c(=O)[nH]c3c2)C1. The molecule has 0 amide bonds. The van der Waals surface area contributed by atoms with Crippen LogP contribution in [0.5, 0.6) is 11.5 Å². The second-order valence-electron chi connectivity index (χ2n) is 12.3. The molecule has 9 heteroatoms. The fourth-order valence-electron chi connectivity index (χ4n) is 6.33. The minimum atomic E-state index is -0.487. The first-order valence-corrected chi connectivity index (χ1v) is 16.6. The molecule has 6 aromatic rings. The van der Waals surface area contributed by atoms with E-state index in [1.54, 1.807) is 12.1 Å². The van der Waals surface area contributed by atoms with Crippen molar-refractivity contribution in [3.05, 3.63) is 143 Å². The maximum Gasteiger partial charge on any atom is 0.330 e. The highest BCUT2D eigenvalue weighted by molar-refractivity contribution is 5.85. The van der Waals surface area contributed by atoms with Crippen LogP contribution in [0.15, 0.2) is 131 Å². The number of rotatable bonds is 12. The third-order valence-corrected chi connectivity index (χ3v) is 8.85. The molecular formula is C41H36N2O7. The summed E-state index contributed by atoms with van der Waals surface area (Å²) < 4.78 is 24.3. The molecule has 2 heterocycles. The van der Waals surface area contributed by atoms with Crippen molar-refractivity contribution in [1.82, 2.24) is 9.97 Å². The molecule has 4 aromatic carbocycles. The van der Waals surface area contributed by atoms with Gasteiger partial charge in [-0.1, -0.05) is 67.2 Å². The van der Waals surface area contributed by atoms with Crippen molar-refractivity contribution in [2.45, 2.75) is 37.6 Å². The highest BCUT2D eigenvalue weighted by Crippen LogP contribution is 2.28. The molecule has 0 saturated heterocycles. The lowest BCUT2D eigenvalue weighted by Crippen LogP contribution is -2.32. The number of carbonyl (C=O) groups excluding carboxylic acids is 1. The summed E-state index contributed by atoms with van der Waals surface area (Å²) in [6.45, 7) is 3.81. The number of carbonyl (C=O) groups is 1. The summed E-state index contributed by atoms with van der Waals surface area (Å²) in [6, 6.07) is 34.0. The molecule has 1 aliphatic carbocycles. The predicted octanol–water partition coefficient (Wildman–Crippen LogP) is 7.20. The van der Waals surface area contributed by atoms with Gasteiger partial charge in [0.05, 0.1) is 17.1 Å². The molecule has 252 valence electrons. The first-order valence-electron chi connectivity index (χ1n) is 16.6. The summed E-state index contributed by atoms with van der Waals surface area (Å²) in [7, 11) is 0. The van der Waals surface area contributed by atoms with E-state index in [1.807, 2.05) is 97.1 Å². The first-order chi connectivity index (χ1) is 24.4. The summed E-state index contributed by atoms with van der Waals surface area (Å²) in [4.78, 5) is 43.6. The van der Waals surface area contributed by atoms with Crippen molar-refractivity contribution in [2.24, 2.45) is 0 Å². The summed E-state index contributed by atoms with van der Waals surface area (Å²) >= 11 is 0. The lowest BCUT2D eigenvalue weighted by atomic mass is 10.1. The number of ether oxygens (including phenoxy) is 4. The molecule has 0 bridgehead atoms. The summed E-state index contributed by atoms with van der Waals surface area (Å²) in [5, 5.41) is 1.76. The Balaban J connectivity index is 1.07. The number of benzene rings is 4. The van der Waals surface area contributed by atoms with Crippen LogP contribution in [0.4, 0.5) is 0 Å².